The van der Waals surface area contributed by atoms with Crippen molar-refractivity contribution < 1.29 is 33.7 Å². The van der Waals surface area contributed by atoms with Gasteiger partial charge in [-0.05, 0) is 48.2 Å². The molecule has 222 valence electrons. The van der Waals surface area contributed by atoms with Gasteiger partial charge in [-0.25, -0.2) is 9.59 Å². The Morgan fingerprint density at radius 3 is 2.07 bits per heavy atom. The summed E-state index contributed by atoms with van der Waals surface area (Å²) in [5, 5.41) is 24.2. The van der Waals surface area contributed by atoms with Crippen molar-refractivity contribution in [2.24, 2.45) is 0 Å². The molecule has 2 aliphatic heterocycles. The van der Waals surface area contributed by atoms with Crippen LogP contribution in [0.5, 0.6) is 0 Å². The molecule has 2 aliphatic rings. The number of nitro benzene ring substituents is 2. The Bertz CT molecular complexity index is 1350. The van der Waals surface area contributed by atoms with Crippen LogP contribution in [0.1, 0.15) is 24.0 Å². The predicted octanol–water partition coefficient (Wildman–Crippen LogP) is 3.60. The molecule has 0 aliphatic carbocycles. The average Bonchev–Trinajstić information content (AvgIpc) is 3.60. The third kappa shape index (κ3) is 8.19. The standard InChI is InChI=1S/C27H29N5O9S/c33-25(29-12-11-20(14-29)28-26(34)40-16-18-1-5-21(6-2-18)31(36)37)10-9-23-13-24(42)15-30(23)27(35)41-17-19-3-7-22(8-4-19)32(38)39/h1-10,20,23-24,42H,11-17H2,(H,28,34)/t20-,23+,24-/m0/s1. The summed E-state index contributed by atoms with van der Waals surface area (Å²) in [6.07, 6.45) is 2.88. The fourth-order valence-corrected chi connectivity index (χ4v) is 5.02. The quantitative estimate of drug-likeness (QED) is 0.189. The summed E-state index contributed by atoms with van der Waals surface area (Å²) >= 11 is 4.48. The second-order valence-corrected chi connectivity index (χ2v) is 10.6. The Balaban J connectivity index is 1.22. The molecule has 2 heterocycles. The van der Waals surface area contributed by atoms with Crippen LogP contribution in [0, 0.1) is 20.2 Å². The zero-order valence-electron chi connectivity index (χ0n) is 22.4. The number of likely N-dealkylation sites (tertiary alicyclic amines) is 2. The molecule has 0 radical (unpaired) electrons. The van der Waals surface area contributed by atoms with Crippen molar-refractivity contribution in [3.05, 3.63) is 92.0 Å². The minimum atomic E-state index is -0.656. The fourth-order valence-electron chi connectivity index (χ4n) is 4.63. The van der Waals surface area contributed by atoms with Crippen molar-refractivity contribution in [2.75, 3.05) is 19.6 Å². The van der Waals surface area contributed by atoms with E-state index in [1.807, 2.05) is 0 Å². The normalized spacial score (nSPS) is 20.0. The second-order valence-electron chi connectivity index (χ2n) is 9.86. The smallest absolute Gasteiger partial charge is 0.410 e. The number of hydrogen-bond acceptors (Lipinski definition) is 10. The lowest BCUT2D eigenvalue weighted by atomic mass is 10.2. The zero-order chi connectivity index (χ0) is 30.2. The number of hydrogen-bond donors (Lipinski definition) is 2. The maximum atomic E-state index is 12.8. The highest BCUT2D eigenvalue weighted by Gasteiger charge is 2.34. The number of carbonyl (C=O) groups is 3. The number of nitrogens with zero attached hydrogens (tertiary/aromatic N) is 4. The average molecular weight is 600 g/mol. The van der Waals surface area contributed by atoms with Gasteiger partial charge in [0.15, 0.2) is 0 Å². The molecule has 0 aromatic heterocycles. The van der Waals surface area contributed by atoms with Crippen molar-refractivity contribution in [3.63, 3.8) is 0 Å². The van der Waals surface area contributed by atoms with Gasteiger partial charge in [-0.2, -0.15) is 12.6 Å². The molecule has 2 fully saturated rings. The maximum absolute atomic E-state index is 12.8. The number of nitro groups is 2. The number of amides is 3. The van der Waals surface area contributed by atoms with Crippen LogP contribution in [-0.2, 0) is 27.5 Å². The first-order valence-corrected chi connectivity index (χ1v) is 13.6. The fraction of sp³-hybridized carbons (Fsp3) is 0.370. The van der Waals surface area contributed by atoms with E-state index < -0.39 is 28.1 Å². The van der Waals surface area contributed by atoms with E-state index in [0.29, 0.717) is 37.1 Å². The second kappa shape index (κ2) is 13.8. The van der Waals surface area contributed by atoms with Gasteiger partial charge in [0.1, 0.15) is 13.2 Å². The first-order chi connectivity index (χ1) is 20.1. The van der Waals surface area contributed by atoms with E-state index in [1.54, 1.807) is 11.0 Å². The van der Waals surface area contributed by atoms with Crippen LogP contribution in [0.2, 0.25) is 0 Å². The number of rotatable bonds is 9. The van der Waals surface area contributed by atoms with Crippen molar-refractivity contribution in [3.8, 4) is 0 Å². The van der Waals surface area contributed by atoms with Gasteiger partial charge in [0.25, 0.3) is 11.4 Å². The summed E-state index contributed by atoms with van der Waals surface area (Å²) in [5.74, 6) is -0.264. The van der Waals surface area contributed by atoms with E-state index in [4.69, 9.17) is 9.47 Å². The molecule has 1 N–H and O–H groups in total. The summed E-state index contributed by atoms with van der Waals surface area (Å²) < 4.78 is 10.6. The van der Waals surface area contributed by atoms with Gasteiger partial charge < -0.3 is 24.6 Å². The van der Waals surface area contributed by atoms with Crippen LogP contribution in [0.4, 0.5) is 21.0 Å². The topological polar surface area (TPSA) is 174 Å². The lowest BCUT2D eigenvalue weighted by Crippen LogP contribution is -2.38. The van der Waals surface area contributed by atoms with Gasteiger partial charge in [0, 0.05) is 55.2 Å². The zero-order valence-corrected chi connectivity index (χ0v) is 23.3. The number of benzene rings is 2. The highest BCUT2D eigenvalue weighted by Crippen LogP contribution is 2.24. The van der Waals surface area contributed by atoms with Crippen molar-refractivity contribution in [2.45, 2.75) is 43.4 Å². The van der Waals surface area contributed by atoms with Crippen LogP contribution in [0.3, 0.4) is 0 Å². The molecule has 42 heavy (non-hydrogen) atoms. The molecule has 3 atom stereocenters. The van der Waals surface area contributed by atoms with E-state index in [-0.39, 0.29) is 48.3 Å². The largest absolute Gasteiger partial charge is 0.445 e. The van der Waals surface area contributed by atoms with Crippen LogP contribution < -0.4 is 5.32 Å². The molecule has 14 nitrogen and oxygen atoms in total. The molecule has 0 unspecified atom stereocenters. The predicted molar refractivity (Wildman–Crippen MR) is 152 cm³/mol. The number of carbonyl (C=O) groups excluding carboxylic acids is 3. The monoisotopic (exact) mass is 599 g/mol. The van der Waals surface area contributed by atoms with Crippen molar-refractivity contribution in [1.82, 2.24) is 15.1 Å². The van der Waals surface area contributed by atoms with Crippen LogP contribution in [-0.4, -0.2) is 74.7 Å². The van der Waals surface area contributed by atoms with Crippen molar-refractivity contribution >= 4 is 42.1 Å². The molecule has 0 spiro atoms. The van der Waals surface area contributed by atoms with E-state index >= 15 is 0 Å². The molecule has 2 aromatic rings. The number of non-ortho nitro benzene ring substituents is 2. The molecule has 0 bridgehead atoms. The number of ether oxygens (including phenoxy) is 2. The summed E-state index contributed by atoms with van der Waals surface area (Å²) in [6.45, 7) is 0.942. The van der Waals surface area contributed by atoms with Crippen LogP contribution in [0.15, 0.2) is 60.7 Å². The Labute approximate surface area is 246 Å². The molecule has 3 amide bonds. The van der Waals surface area contributed by atoms with Gasteiger partial charge in [0.2, 0.25) is 5.91 Å². The summed E-state index contributed by atoms with van der Waals surface area (Å²) in [7, 11) is 0. The molecule has 2 aromatic carbocycles. The molecular formula is C27H29N5O9S. The third-order valence-corrected chi connectivity index (χ3v) is 7.24. The summed E-state index contributed by atoms with van der Waals surface area (Å²) in [5.41, 5.74) is 1.09. The van der Waals surface area contributed by atoms with Gasteiger partial charge >= 0.3 is 12.2 Å². The Morgan fingerprint density at radius 2 is 1.50 bits per heavy atom. The maximum Gasteiger partial charge on any atom is 0.410 e. The van der Waals surface area contributed by atoms with Crippen LogP contribution >= 0.6 is 12.6 Å². The molecule has 15 heteroatoms. The number of nitrogens with one attached hydrogen (secondary N) is 1. The minimum absolute atomic E-state index is 0.0533. The molecule has 4 rings (SSSR count). The van der Waals surface area contributed by atoms with Gasteiger partial charge in [-0.1, -0.05) is 6.08 Å². The van der Waals surface area contributed by atoms with E-state index in [9.17, 15) is 34.6 Å². The third-order valence-electron chi connectivity index (χ3n) is 6.87. The Morgan fingerprint density at radius 1 is 0.929 bits per heavy atom. The van der Waals surface area contributed by atoms with Crippen molar-refractivity contribution in [1.29, 1.82) is 0 Å². The van der Waals surface area contributed by atoms with Gasteiger partial charge in [0.05, 0.1) is 21.9 Å². The van der Waals surface area contributed by atoms with Gasteiger partial charge in [-0.15, -0.1) is 0 Å². The number of alkyl carbamates (subject to hydrolysis) is 1. The van der Waals surface area contributed by atoms with Gasteiger partial charge in [-0.3, -0.25) is 25.0 Å². The van der Waals surface area contributed by atoms with E-state index in [2.05, 4.69) is 17.9 Å². The SMILES string of the molecule is O=C(N[C@H]1CCN(C(=O)C=C[C@@H]2C[C@H](S)CN2C(=O)OCc2ccc([N+](=O)[O-])cc2)C1)OCc1ccc([N+](=O)[O-])cc1. The minimum Gasteiger partial charge on any atom is -0.445 e. The summed E-state index contributed by atoms with van der Waals surface area (Å²) in [6, 6.07) is 10.7. The van der Waals surface area contributed by atoms with E-state index in [1.165, 1.54) is 59.5 Å². The number of thiol groups is 1. The van der Waals surface area contributed by atoms with Crippen LogP contribution in [0.25, 0.3) is 0 Å². The highest BCUT2D eigenvalue weighted by molar-refractivity contribution is 7.81. The molecular weight excluding hydrogens is 570 g/mol. The lowest BCUT2D eigenvalue weighted by molar-refractivity contribution is -0.385. The lowest BCUT2D eigenvalue weighted by Gasteiger charge is -2.22. The summed E-state index contributed by atoms with van der Waals surface area (Å²) in [4.78, 5) is 61.3. The Hall–Kier alpha value is -4.66. The molecule has 0 saturated carbocycles. The first-order valence-electron chi connectivity index (χ1n) is 13.1. The highest BCUT2D eigenvalue weighted by atomic mass is 32.1. The first kappa shape index (κ1) is 30.3. The molecule has 2 saturated heterocycles. The van der Waals surface area contributed by atoms with E-state index in [0.717, 1.165) is 0 Å². The Kier molecular flexibility index (Phi) is 9.96.